The maximum Gasteiger partial charge on any atom is 0.339 e. The van der Waals surface area contributed by atoms with Gasteiger partial charge in [-0.25, -0.2) is 4.79 Å². The van der Waals surface area contributed by atoms with Gasteiger partial charge in [-0.15, -0.1) is 0 Å². The van der Waals surface area contributed by atoms with Crippen LogP contribution in [-0.2, 0) is 11.2 Å². The monoisotopic (exact) mass is 289 g/mol. The van der Waals surface area contributed by atoms with Crippen molar-refractivity contribution in [3.05, 3.63) is 64.4 Å². The number of ketones is 1. The molecule has 2 aromatic rings. The molecule has 0 N–H and O–H groups in total. The molecule has 102 valence electrons. The zero-order chi connectivity index (χ0) is 14.5. The van der Waals surface area contributed by atoms with Gasteiger partial charge in [-0.3, -0.25) is 9.78 Å². The molecule has 20 heavy (non-hydrogen) atoms. The van der Waals surface area contributed by atoms with Crippen molar-refractivity contribution in [2.45, 2.75) is 6.42 Å². The Morgan fingerprint density at radius 1 is 1.20 bits per heavy atom. The Morgan fingerprint density at radius 2 is 1.90 bits per heavy atom. The van der Waals surface area contributed by atoms with Gasteiger partial charge < -0.3 is 4.74 Å². The van der Waals surface area contributed by atoms with Crippen molar-refractivity contribution < 1.29 is 14.3 Å². The number of hydrogen-bond donors (Lipinski definition) is 0. The predicted octanol–water partition coefficient (Wildman–Crippen LogP) is 2.95. The summed E-state index contributed by atoms with van der Waals surface area (Å²) in [7, 11) is 1.29. The van der Waals surface area contributed by atoms with Crippen LogP contribution in [0.15, 0.2) is 42.6 Å². The summed E-state index contributed by atoms with van der Waals surface area (Å²) < 4.78 is 4.67. The van der Waals surface area contributed by atoms with Crippen LogP contribution in [0.3, 0.4) is 0 Å². The minimum Gasteiger partial charge on any atom is -0.465 e. The Bertz CT molecular complexity index is 638. The van der Waals surface area contributed by atoms with Crippen LogP contribution < -0.4 is 0 Å². The Morgan fingerprint density at radius 3 is 2.55 bits per heavy atom. The number of halogens is 1. The van der Waals surface area contributed by atoms with Crippen LogP contribution in [0.2, 0.25) is 5.02 Å². The predicted molar refractivity (Wildman–Crippen MR) is 75.1 cm³/mol. The number of aromatic nitrogens is 1. The first-order chi connectivity index (χ1) is 9.61. The molecule has 0 amide bonds. The SMILES string of the molecule is COC(=O)c1cccnc1CC(=O)c1ccc(Cl)cc1. The summed E-state index contributed by atoms with van der Waals surface area (Å²) in [6.45, 7) is 0. The molecule has 0 spiro atoms. The van der Waals surface area contributed by atoms with Crippen LogP contribution in [0.1, 0.15) is 26.4 Å². The fraction of sp³-hybridized carbons (Fsp3) is 0.133. The van der Waals surface area contributed by atoms with Crippen molar-refractivity contribution in [2.24, 2.45) is 0 Å². The number of hydrogen-bond acceptors (Lipinski definition) is 4. The summed E-state index contributed by atoms with van der Waals surface area (Å²) in [5, 5.41) is 0.564. The number of methoxy groups -OCH3 is 1. The molecule has 0 fully saturated rings. The third-order valence-electron chi connectivity index (χ3n) is 2.79. The van der Waals surface area contributed by atoms with Crippen molar-refractivity contribution >= 4 is 23.4 Å². The molecule has 0 saturated carbocycles. The Labute approximate surface area is 121 Å². The molecule has 4 nitrogen and oxygen atoms in total. The van der Waals surface area contributed by atoms with E-state index in [1.807, 2.05) is 0 Å². The van der Waals surface area contributed by atoms with Gasteiger partial charge >= 0.3 is 5.97 Å². The summed E-state index contributed by atoms with van der Waals surface area (Å²) in [5.41, 5.74) is 1.23. The van der Waals surface area contributed by atoms with E-state index in [9.17, 15) is 9.59 Å². The van der Waals surface area contributed by atoms with E-state index < -0.39 is 5.97 Å². The van der Waals surface area contributed by atoms with Crippen molar-refractivity contribution in [1.82, 2.24) is 4.98 Å². The molecule has 0 bridgehead atoms. The largest absolute Gasteiger partial charge is 0.465 e. The number of esters is 1. The number of benzene rings is 1. The Hall–Kier alpha value is -2.20. The average Bonchev–Trinajstić information content (AvgIpc) is 2.47. The number of carbonyl (C=O) groups excluding carboxylic acids is 2. The first kappa shape index (κ1) is 14.2. The second-order valence-electron chi connectivity index (χ2n) is 4.10. The number of ether oxygens (including phenoxy) is 1. The van der Waals surface area contributed by atoms with Gasteiger partial charge in [-0.05, 0) is 36.4 Å². The van der Waals surface area contributed by atoms with E-state index in [2.05, 4.69) is 9.72 Å². The van der Waals surface area contributed by atoms with E-state index in [4.69, 9.17) is 11.6 Å². The van der Waals surface area contributed by atoms with Gasteiger partial charge in [0, 0.05) is 16.8 Å². The molecule has 0 radical (unpaired) electrons. The fourth-order valence-electron chi connectivity index (χ4n) is 1.76. The second kappa shape index (κ2) is 6.30. The molecule has 5 heteroatoms. The third-order valence-corrected chi connectivity index (χ3v) is 3.04. The van der Waals surface area contributed by atoms with Crippen LogP contribution >= 0.6 is 11.6 Å². The lowest BCUT2D eigenvalue weighted by atomic mass is 10.0. The summed E-state index contributed by atoms with van der Waals surface area (Å²) in [5.74, 6) is -0.637. The molecule has 0 aliphatic rings. The highest BCUT2D eigenvalue weighted by molar-refractivity contribution is 6.30. The summed E-state index contributed by atoms with van der Waals surface area (Å²) in [4.78, 5) is 27.8. The van der Waals surface area contributed by atoms with E-state index in [0.29, 0.717) is 21.8 Å². The number of nitrogens with zero attached hydrogens (tertiary/aromatic N) is 1. The number of Topliss-reactive ketones (excluding diaryl/α,β-unsaturated/α-hetero) is 1. The molecule has 1 aromatic heterocycles. The first-order valence-electron chi connectivity index (χ1n) is 5.93. The maximum absolute atomic E-state index is 12.2. The smallest absolute Gasteiger partial charge is 0.339 e. The summed E-state index contributed by atoms with van der Waals surface area (Å²) in [6.07, 6.45) is 1.57. The second-order valence-corrected chi connectivity index (χ2v) is 4.53. The van der Waals surface area contributed by atoms with E-state index in [1.165, 1.54) is 13.3 Å². The van der Waals surface area contributed by atoms with Crippen molar-refractivity contribution in [3.8, 4) is 0 Å². The van der Waals surface area contributed by atoms with Crippen LogP contribution in [0.25, 0.3) is 0 Å². The van der Waals surface area contributed by atoms with Crippen molar-refractivity contribution in [1.29, 1.82) is 0 Å². The molecule has 0 aliphatic heterocycles. The van der Waals surface area contributed by atoms with Gasteiger partial charge in [0.2, 0.25) is 0 Å². The zero-order valence-corrected chi connectivity index (χ0v) is 11.6. The molecule has 0 atom stereocenters. The summed E-state index contributed by atoms with van der Waals surface area (Å²) in [6, 6.07) is 9.80. The van der Waals surface area contributed by atoms with Gasteiger partial charge in [-0.2, -0.15) is 0 Å². The highest BCUT2D eigenvalue weighted by Crippen LogP contribution is 2.14. The minimum atomic E-state index is -0.503. The van der Waals surface area contributed by atoms with Gasteiger partial charge in [0.05, 0.1) is 24.8 Å². The van der Waals surface area contributed by atoms with Crippen LogP contribution in [0.5, 0.6) is 0 Å². The fourth-order valence-corrected chi connectivity index (χ4v) is 1.89. The number of pyridine rings is 1. The van der Waals surface area contributed by atoms with E-state index >= 15 is 0 Å². The molecular formula is C15H12ClNO3. The maximum atomic E-state index is 12.2. The molecule has 1 aromatic carbocycles. The lowest BCUT2D eigenvalue weighted by Gasteiger charge is -2.06. The summed E-state index contributed by atoms with van der Waals surface area (Å²) >= 11 is 5.78. The average molecular weight is 290 g/mol. The van der Waals surface area contributed by atoms with E-state index in [0.717, 1.165) is 0 Å². The Kier molecular flexibility index (Phi) is 4.48. The molecular weight excluding hydrogens is 278 g/mol. The number of rotatable bonds is 4. The molecule has 0 unspecified atom stereocenters. The standard InChI is InChI=1S/C15H12ClNO3/c1-20-15(19)12-3-2-8-17-13(12)9-14(18)10-4-6-11(16)7-5-10/h2-8H,9H2,1H3. The number of carbonyl (C=O) groups is 2. The molecule has 0 saturated heterocycles. The third kappa shape index (κ3) is 3.22. The van der Waals surface area contributed by atoms with Crippen LogP contribution in [-0.4, -0.2) is 23.8 Å². The lowest BCUT2D eigenvalue weighted by molar-refractivity contribution is 0.0599. The highest BCUT2D eigenvalue weighted by Gasteiger charge is 2.16. The van der Waals surface area contributed by atoms with Gasteiger partial charge in [0.25, 0.3) is 0 Å². The minimum absolute atomic E-state index is 0.0346. The zero-order valence-electron chi connectivity index (χ0n) is 10.8. The topological polar surface area (TPSA) is 56.3 Å². The normalized spacial score (nSPS) is 10.1. The van der Waals surface area contributed by atoms with Gasteiger partial charge in [0.1, 0.15) is 0 Å². The van der Waals surface area contributed by atoms with Gasteiger partial charge in [-0.1, -0.05) is 11.6 Å². The van der Waals surface area contributed by atoms with Crippen molar-refractivity contribution in [2.75, 3.05) is 7.11 Å². The van der Waals surface area contributed by atoms with Gasteiger partial charge in [0.15, 0.2) is 5.78 Å². The highest BCUT2D eigenvalue weighted by atomic mass is 35.5. The first-order valence-corrected chi connectivity index (χ1v) is 6.30. The van der Waals surface area contributed by atoms with Crippen molar-refractivity contribution in [3.63, 3.8) is 0 Å². The lowest BCUT2D eigenvalue weighted by Crippen LogP contribution is -2.12. The molecule has 1 heterocycles. The van der Waals surface area contributed by atoms with E-state index in [1.54, 1.807) is 36.4 Å². The molecule has 2 rings (SSSR count). The quantitative estimate of drug-likeness (QED) is 0.641. The van der Waals surface area contributed by atoms with Crippen LogP contribution in [0.4, 0.5) is 0 Å². The Balaban J connectivity index is 2.24. The van der Waals surface area contributed by atoms with E-state index in [-0.39, 0.29) is 12.2 Å². The van der Waals surface area contributed by atoms with Crippen LogP contribution in [0, 0.1) is 0 Å². The molecule has 0 aliphatic carbocycles.